The molecule has 0 fully saturated rings. The second-order valence-corrected chi connectivity index (χ2v) is 4.15. The first-order chi connectivity index (χ1) is 6.27. The summed E-state index contributed by atoms with van der Waals surface area (Å²) in [5.41, 5.74) is 1.18. The van der Waals surface area contributed by atoms with Crippen LogP contribution in [0.15, 0.2) is 11.4 Å². The molecule has 2 N–H and O–H groups in total. The lowest BCUT2D eigenvalue weighted by Gasteiger charge is -2.22. The summed E-state index contributed by atoms with van der Waals surface area (Å²) in [7, 11) is 0. The summed E-state index contributed by atoms with van der Waals surface area (Å²) in [6.07, 6.45) is 1.22. The average Bonchev–Trinajstić information content (AvgIpc) is 2.51. The molecule has 1 unspecified atom stereocenters. The van der Waals surface area contributed by atoms with Crippen molar-refractivity contribution in [1.82, 2.24) is 5.32 Å². The van der Waals surface area contributed by atoms with Crippen LogP contribution in [-0.4, -0.2) is 17.6 Å². The van der Waals surface area contributed by atoms with Gasteiger partial charge in [-0.3, -0.25) is 4.79 Å². The molecule has 1 atom stereocenters. The van der Waals surface area contributed by atoms with E-state index >= 15 is 0 Å². The summed E-state index contributed by atoms with van der Waals surface area (Å²) in [4.78, 5) is 11.9. The standard InChI is InChI=1S/C9H11NO2S/c11-9(12)5-7-6-2-4-13-8(6)1-3-10-7/h2,4,7,10H,1,3,5H2,(H,11,12). The van der Waals surface area contributed by atoms with Crippen molar-refractivity contribution in [3.8, 4) is 0 Å². The Labute approximate surface area is 80.4 Å². The van der Waals surface area contributed by atoms with E-state index in [1.165, 1.54) is 10.4 Å². The lowest BCUT2D eigenvalue weighted by Crippen LogP contribution is -2.30. The average molecular weight is 197 g/mol. The van der Waals surface area contributed by atoms with Crippen molar-refractivity contribution in [1.29, 1.82) is 0 Å². The van der Waals surface area contributed by atoms with Gasteiger partial charge in [-0.05, 0) is 23.4 Å². The van der Waals surface area contributed by atoms with Crippen molar-refractivity contribution in [3.63, 3.8) is 0 Å². The molecule has 3 nitrogen and oxygen atoms in total. The van der Waals surface area contributed by atoms with Crippen LogP contribution in [0.4, 0.5) is 0 Å². The van der Waals surface area contributed by atoms with Gasteiger partial charge in [-0.25, -0.2) is 0 Å². The number of hydrogen-bond acceptors (Lipinski definition) is 3. The Balaban J connectivity index is 2.20. The van der Waals surface area contributed by atoms with E-state index < -0.39 is 5.97 Å². The van der Waals surface area contributed by atoms with Gasteiger partial charge in [-0.2, -0.15) is 0 Å². The molecule has 2 heterocycles. The van der Waals surface area contributed by atoms with Crippen LogP contribution < -0.4 is 5.32 Å². The summed E-state index contributed by atoms with van der Waals surface area (Å²) in [6, 6.07) is 2.05. The van der Waals surface area contributed by atoms with Gasteiger partial charge < -0.3 is 10.4 Å². The highest BCUT2D eigenvalue weighted by molar-refractivity contribution is 7.10. The molecule has 0 radical (unpaired) electrons. The number of carbonyl (C=O) groups is 1. The van der Waals surface area contributed by atoms with E-state index in [4.69, 9.17) is 5.11 Å². The van der Waals surface area contributed by atoms with Crippen LogP contribution in [0.1, 0.15) is 22.9 Å². The minimum Gasteiger partial charge on any atom is -0.481 e. The lowest BCUT2D eigenvalue weighted by atomic mass is 10.00. The first-order valence-electron chi connectivity index (χ1n) is 4.29. The van der Waals surface area contributed by atoms with Crippen molar-refractivity contribution < 1.29 is 9.90 Å². The van der Waals surface area contributed by atoms with Gasteiger partial charge in [0.05, 0.1) is 6.42 Å². The first-order valence-corrected chi connectivity index (χ1v) is 5.17. The molecule has 0 amide bonds. The maximum Gasteiger partial charge on any atom is 0.305 e. The highest BCUT2D eigenvalue weighted by atomic mass is 32.1. The molecular weight excluding hydrogens is 186 g/mol. The molecule has 0 aromatic carbocycles. The van der Waals surface area contributed by atoms with Crippen LogP contribution in [-0.2, 0) is 11.2 Å². The van der Waals surface area contributed by atoms with E-state index in [-0.39, 0.29) is 12.5 Å². The second-order valence-electron chi connectivity index (χ2n) is 3.15. The number of hydrogen-bond donors (Lipinski definition) is 2. The van der Waals surface area contributed by atoms with E-state index in [0.29, 0.717) is 0 Å². The Bertz CT molecular complexity index is 321. The van der Waals surface area contributed by atoms with Gasteiger partial charge in [0.25, 0.3) is 0 Å². The van der Waals surface area contributed by atoms with Crippen LogP contribution in [0.3, 0.4) is 0 Å². The molecule has 1 aromatic rings. The molecule has 1 aromatic heterocycles. The maximum atomic E-state index is 10.6. The Hall–Kier alpha value is -0.870. The van der Waals surface area contributed by atoms with Crippen molar-refractivity contribution in [2.45, 2.75) is 18.9 Å². The van der Waals surface area contributed by atoms with Crippen LogP contribution in [0.5, 0.6) is 0 Å². The molecule has 0 aliphatic carbocycles. The number of rotatable bonds is 2. The SMILES string of the molecule is O=C(O)CC1NCCc2sccc21. The number of thiophene rings is 1. The van der Waals surface area contributed by atoms with E-state index in [9.17, 15) is 4.79 Å². The third-order valence-corrected chi connectivity index (χ3v) is 3.27. The zero-order chi connectivity index (χ0) is 9.26. The third-order valence-electron chi connectivity index (χ3n) is 2.28. The van der Waals surface area contributed by atoms with E-state index in [1.54, 1.807) is 11.3 Å². The number of aliphatic carboxylic acids is 1. The van der Waals surface area contributed by atoms with E-state index in [1.807, 2.05) is 11.4 Å². The van der Waals surface area contributed by atoms with Gasteiger partial charge in [-0.15, -0.1) is 11.3 Å². The molecule has 1 aliphatic rings. The van der Waals surface area contributed by atoms with Gasteiger partial charge in [0.1, 0.15) is 0 Å². The number of fused-ring (bicyclic) bond motifs is 1. The smallest absolute Gasteiger partial charge is 0.305 e. The minimum absolute atomic E-state index is 0.0208. The number of carboxylic acid groups (broad SMARTS) is 1. The van der Waals surface area contributed by atoms with Gasteiger partial charge in [0.2, 0.25) is 0 Å². The molecule has 2 rings (SSSR count). The normalized spacial score (nSPS) is 21.1. The number of carboxylic acids is 1. The fraction of sp³-hybridized carbons (Fsp3) is 0.444. The predicted octanol–water partition coefficient (Wildman–Crippen LogP) is 1.41. The fourth-order valence-corrected chi connectivity index (χ4v) is 2.64. The Morgan fingerprint density at radius 2 is 2.62 bits per heavy atom. The van der Waals surface area contributed by atoms with Crippen LogP contribution in [0.25, 0.3) is 0 Å². The van der Waals surface area contributed by atoms with Crippen LogP contribution >= 0.6 is 11.3 Å². The zero-order valence-electron chi connectivity index (χ0n) is 7.12. The Morgan fingerprint density at radius 1 is 1.77 bits per heavy atom. The zero-order valence-corrected chi connectivity index (χ0v) is 7.93. The lowest BCUT2D eigenvalue weighted by molar-refractivity contribution is -0.137. The molecule has 4 heteroatoms. The van der Waals surface area contributed by atoms with Gasteiger partial charge >= 0.3 is 5.97 Å². The molecule has 0 saturated heterocycles. The largest absolute Gasteiger partial charge is 0.481 e. The molecule has 13 heavy (non-hydrogen) atoms. The molecule has 70 valence electrons. The van der Waals surface area contributed by atoms with Gasteiger partial charge in [0.15, 0.2) is 0 Å². The van der Waals surface area contributed by atoms with Gasteiger partial charge in [0, 0.05) is 17.5 Å². The van der Waals surface area contributed by atoms with Crippen molar-refractivity contribution >= 4 is 17.3 Å². The number of nitrogens with one attached hydrogen (secondary N) is 1. The van der Waals surface area contributed by atoms with Gasteiger partial charge in [-0.1, -0.05) is 0 Å². The monoisotopic (exact) mass is 197 g/mol. The second kappa shape index (κ2) is 3.47. The molecule has 0 saturated carbocycles. The fourth-order valence-electron chi connectivity index (χ4n) is 1.69. The van der Waals surface area contributed by atoms with Crippen LogP contribution in [0.2, 0.25) is 0 Å². The molecule has 1 aliphatic heterocycles. The quantitative estimate of drug-likeness (QED) is 0.753. The summed E-state index contributed by atoms with van der Waals surface area (Å²) >= 11 is 1.72. The molecule has 0 spiro atoms. The highest BCUT2D eigenvalue weighted by Crippen LogP contribution is 2.29. The topological polar surface area (TPSA) is 49.3 Å². The summed E-state index contributed by atoms with van der Waals surface area (Å²) < 4.78 is 0. The first kappa shape index (κ1) is 8.72. The maximum absolute atomic E-state index is 10.6. The van der Waals surface area contributed by atoms with E-state index in [0.717, 1.165) is 13.0 Å². The van der Waals surface area contributed by atoms with E-state index in [2.05, 4.69) is 5.32 Å². The Morgan fingerprint density at radius 3 is 3.38 bits per heavy atom. The highest BCUT2D eigenvalue weighted by Gasteiger charge is 2.22. The van der Waals surface area contributed by atoms with Crippen LogP contribution in [0, 0.1) is 0 Å². The summed E-state index contributed by atoms with van der Waals surface area (Å²) in [5.74, 6) is -0.739. The van der Waals surface area contributed by atoms with Crippen molar-refractivity contribution in [2.24, 2.45) is 0 Å². The van der Waals surface area contributed by atoms with Crippen molar-refractivity contribution in [3.05, 3.63) is 21.9 Å². The summed E-state index contributed by atoms with van der Waals surface area (Å²) in [5, 5.41) is 13.9. The molecule has 0 bridgehead atoms. The van der Waals surface area contributed by atoms with Crippen molar-refractivity contribution in [2.75, 3.05) is 6.54 Å². The third kappa shape index (κ3) is 1.73. The molecular formula is C9H11NO2S. The minimum atomic E-state index is -0.739. The Kier molecular flexibility index (Phi) is 2.33. The predicted molar refractivity (Wildman–Crippen MR) is 51.0 cm³/mol. The summed E-state index contributed by atoms with van der Waals surface area (Å²) in [6.45, 7) is 0.894.